The third-order valence-corrected chi connectivity index (χ3v) is 6.83. The summed E-state index contributed by atoms with van der Waals surface area (Å²) in [5.74, 6) is 1.54. The normalized spacial score (nSPS) is 23.4. The van der Waals surface area contributed by atoms with E-state index in [9.17, 15) is 5.11 Å². The van der Waals surface area contributed by atoms with Gasteiger partial charge in [0, 0.05) is 35.4 Å². The van der Waals surface area contributed by atoms with Crippen LogP contribution >= 0.6 is 0 Å². The molecule has 162 valence electrons. The molecule has 5 rings (SSSR count). The number of aliphatic hydroxyl groups is 1. The van der Waals surface area contributed by atoms with E-state index >= 15 is 0 Å². The molecule has 6 nitrogen and oxygen atoms in total. The van der Waals surface area contributed by atoms with Crippen LogP contribution in [0.2, 0.25) is 0 Å². The molecule has 30 heavy (non-hydrogen) atoms. The molecule has 3 aliphatic rings. The maximum atomic E-state index is 9.70. The minimum absolute atomic E-state index is 0.168. The Labute approximate surface area is 178 Å². The van der Waals surface area contributed by atoms with Crippen molar-refractivity contribution in [2.45, 2.75) is 63.5 Å². The second-order valence-electron chi connectivity index (χ2n) is 9.00. The molecule has 2 aliphatic carbocycles. The molecule has 2 N–H and O–H groups in total. The van der Waals surface area contributed by atoms with Gasteiger partial charge in [-0.2, -0.15) is 0 Å². The molecule has 1 saturated carbocycles. The first-order chi connectivity index (χ1) is 14.7. The van der Waals surface area contributed by atoms with Gasteiger partial charge in [-0.1, -0.05) is 0 Å². The summed E-state index contributed by atoms with van der Waals surface area (Å²) in [4.78, 5) is 7.49. The van der Waals surface area contributed by atoms with E-state index in [1.807, 2.05) is 6.07 Å². The van der Waals surface area contributed by atoms with Crippen LogP contribution in [0.5, 0.6) is 11.5 Å². The highest BCUT2D eigenvalue weighted by Crippen LogP contribution is 2.41. The summed E-state index contributed by atoms with van der Waals surface area (Å²) < 4.78 is 11.8. The molecule has 0 bridgehead atoms. The monoisotopic (exact) mass is 411 g/mol. The van der Waals surface area contributed by atoms with Crippen LogP contribution in [0.4, 0.5) is 5.69 Å². The summed E-state index contributed by atoms with van der Waals surface area (Å²) in [7, 11) is 1.70. The van der Waals surface area contributed by atoms with E-state index in [4.69, 9.17) is 14.5 Å². The maximum Gasteiger partial charge on any atom is 0.163 e. The minimum atomic E-state index is -0.168. The van der Waals surface area contributed by atoms with Gasteiger partial charge >= 0.3 is 0 Å². The quantitative estimate of drug-likeness (QED) is 0.648. The predicted octanol–water partition coefficient (Wildman–Crippen LogP) is 3.53. The molecular formula is C24H33N3O3. The molecule has 2 heterocycles. The molecule has 1 aliphatic heterocycles. The van der Waals surface area contributed by atoms with Crippen LogP contribution in [-0.2, 0) is 12.8 Å². The lowest BCUT2D eigenvalue weighted by atomic mass is 9.89. The van der Waals surface area contributed by atoms with E-state index in [1.165, 1.54) is 42.9 Å². The number of aromatic nitrogens is 1. The Morgan fingerprint density at radius 3 is 2.73 bits per heavy atom. The maximum absolute atomic E-state index is 9.70. The van der Waals surface area contributed by atoms with Gasteiger partial charge in [-0.05, 0) is 76.1 Å². The van der Waals surface area contributed by atoms with E-state index in [0.29, 0.717) is 12.6 Å². The lowest BCUT2D eigenvalue weighted by Gasteiger charge is -2.34. The van der Waals surface area contributed by atoms with Crippen molar-refractivity contribution < 1.29 is 14.6 Å². The molecule has 6 heteroatoms. The summed E-state index contributed by atoms with van der Waals surface area (Å²) in [6, 6.07) is 4.46. The number of hydrogen-bond donors (Lipinski definition) is 2. The summed E-state index contributed by atoms with van der Waals surface area (Å²) in [6.45, 7) is 4.24. The average Bonchev–Trinajstić information content (AvgIpc) is 3.41. The zero-order valence-corrected chi connectivity index (χ0v) is 18.0. The molecule has 0 spiro atoms. The minimum Gasteiger partial charge on any atom is -0.493 e. The van der Waals surface area contributed by atoms with Crippen LogP contribution in [0, 0.1) is 0 Å². The second-order valence-corrected chi connectivity index (χ2v) is 9.00. The Balaban J connectivity index is 1.38. The average molecular weight is 412 g/mol. The lowest BCUT2D eigenvalue weighted by molar-refractivity contribution is 0.0837. The SMILES string of the molecule is COc1cc2c(NC3CC(O)C3)c3c(nc2cc1OCCCN1CCCC1)CCC3. The fraction of sp³-hybridized carbons (Fsp3) is 0.625. The third-order valence-electron chi connectivity index (χ3n) is 6.83. The number of benzene rings is 1. The summed E-state index contributed by atoms with van der Waals surface area (Å²) in [5.41, 5.74) is 4.69. The number of aryl methyl sites for hydroxylation is 1. The van der Waals surface area contributed by atoms with Gasteiger partial charge in [0.1, 0.15) is 0 Å². The second kappa shape index (κ2) is 8.60. The number of fused-ring (bicyclic) bond motifs is 2. The number of nitrogens with one attached hydrogen (secondary N) is 1. The van der Waals surface area contributed by atoms with Gasteiger partial charge in [0.25, 0.3) is 0 Å². The Bertz CT molecular complexity index is 904. The highest BCUT2D eigenvalue weighted by atomic mass is 16.5. The number of methoxy groups -OCH3 is 1. The summed E-state index contributed by atoms with van der Waals surface area (Å²) in [5, 5.41) is 14.5. The molecular weight excluding hydrogens is 378 g/mol. The van der Waals surface area contributed by atoms with E-state index in [-0.39, 0.29) is 6.10 Å². The van der Waals surface area contributed by atoms with Gasteiger partial charge in [0.2, 0.25) is 0 Å². The summed E-state index contributed by atoms with van der Waals surface area (Å²) in [6.07, 6.45) is 8.38. The number of likely N-dealkylation sites (tertiary alicyclic amines) is 1. The first-order valence-electron chi connectivity index (χ1n) is 11.5. The first kappa shape index (κ1) is 19.9. The van der Waals surface area contributed by atoms with Crippen LogP contribution in [0.1, 0.15) is 49.8 Å². The van der Waals surface area contributed by atoms with Gasteiger partial charge in [-0.15, -0.1) is 0 Å². The van der Waals surface area contributed by atoms with Crippen LogP contribution in [-0.4, -0.2) is 60.5 Å². The van der Waals surface area contributed by atoms with Gasteiger partial charge in [-0.25, -0.2) is 0 Å². The van der Waals surface area contributed by atoms with Crippen LogP contribution in [0.25, 0.3) is 10.9 Å². The van der Waals surface area contributed by atoms with Gasteiger partial charge in [-0.3, -0.25) is 4.98 Å². The molecule has 0 radical (unpaired) electrons. The number of rotatable bonds is 8. The molecule has 0 amide bonds. The fourth-order valence-corrected chi connectivity index (χ4v) is 5.09. The Morgan fingerprint density at radius 2 is 1.97 bits per heavy atom. The highest BCUT2D eigenvalue weighted by molar-refractivity contribution is 5.96. The topological polar surface area (TPSA) is 66.8 Å². The Kier molecular flexibility index (Phi) is 5.70. The van der Waals surface area contributed by atoms with Crippen molar-refractivity contribution in [1.29, 1.82) is 0 Å². The Hall–Kier alpha value is -2.05. The van der Waals surface area contributed by atoms with E-state index in [0.717, 1.165) is 67.5 Å². The zero-order valence-electron chi connectivity index (χ0n) is 18.0. The van der Waals surface area contributed by atoms with Gasteiger partial charge < -0.3 is 24.8 Å². The zero-order chi connectivity index (χ0) is 20.5. The number of pyridine rings is 1. The van der Waals surface area contributed by atoms with Crippen molar-refractivity contribution in [3.05, 3.63) is 23.4 Å². The third kappa shape index (κ3) is 3.95. The van der Waals surface area contributed by atoms with Gasteiger partial charge in [0.15, 0.2) is 11.5 Å². The lowest BCUT2D eigenvalue weighted by Crippen LogP contribution is -2.39. The smallest absolute Gasteiger partial charge is 0.163 e. The van der Waals surface area contributed by atoms with E-state index in [1.54, 1.807) is 7.11 Å². The molecule has 0 atom stereocenters. The van der Waals surface area contributed by atoms with Crippen molar-refractivity contribution >= 4 is 16.6 Å². The number of ether oxygens (including phenoxy) is 2. The standard InChI is InChI=1S/C24H33N3O3/c1-29-22-14-19-21(15-23(22)30-11-5-10-27-8-2-3-9-27)26-20-7-4-6-18(20)24(19)25-16-12-17(28)13-16/h14-17,28H,2-13H2,1H3,(H,25,26). The first-order valence-corrected chi connectivity index (χ1v) is 11.5. The molecule has 1 aromatic heterocycles. The van der Waals surface area contributed by atoms with Crippen molar-refractivity contribution in [1.82, 2.24) is 9.88 Å². The summed E-state index contributed by atoms with van der Waals surface area (Å²) >= 11 is 0. The molecule has 1 saturated heterocycles. The van der Waals surface area contributed by atoms with Crippen LogP contribution < -0.4 is 14.8 Å². The predicted molar refractivity (Wildman–Crippen MR) is 119 cm³/mol. The number of hydrogen-bond acceptors (Lipinski definition) is 6. The highest BCUT2D eigenvalue weighted by Gasteiger charge is 2.30. The Morgan fingerprint density at radius 1 is 1.13 bits per heavy atom. The molecule has 2 aromatic rings. The van der Waals surface area contributed by atoms with Crippen LogP contribution in [0.15, 0.2) is 12.1 Å². The van der Waals surface area contributed by atoms with Crippen molar-refractivity contribution in [3.63, 3.8) is 0 Å². The van der Waals surface area contributed by atoms with Crippen molar-refractivity contribution in [3.8, 4) is 11.5 Å². The molecule has 1 aromatic carbocycles. The van der Waals surface area contributed by atoms with E-state index in [2.05, 4.69) is 16.3 Å². The number of aliphatic hydroxyl groups excluding tert-OH is 1. The largest absolute Gasteiger partial charge is 0.493 e. The molecule has 2 fully saturated rings. The molecule has 0 unspecified atom stereocenters. The fourth-order valence-electron chi connectivity index (χ4n) is 5.09. The van der Waals surface area contributed by atoms with E-state index < -0.39 is 0 Å². The number of anilines is 1. The number of nitrogens with zero attached hydrogens (tertiary/aromatic N) is 2. The van der Waals surface area contributed by atoms with Crippen molar-refractivity contribution in [2.75, 3.05) is 38.7 Å². The van der Waals surface area contributed by atoms with Gasteiger partial charge in [0.05, 0.1) is 25.3 Å². The van der Waals surface area contributed by atoms with Crippen molar-refractivity contribution in [2.24, 2.45) is 0 Å². The van der Waals surface area contributed by atoms with Crippen LogP contribution in [0.3, 0.4) is 0 Å².